The number of carbonyl (C=O) groups excluding carboxylic acids is 1. The molecule has 1 saturated heterocycles. The van der Waals surface area contributed by atoms with E-state index < -0.39 is 0 Å². The van der Waals surface area contributed by atoms with Gasteiger partial charge in [-0.25, -0.2) is 0 Å². The van der Waals surface area contributed by atoms with Gasteiger partial charge in [0.05, 0.1) is 6.20 Å². The minimum Gasteiger partial charge on any atom is -0.342 e. The van der Waals surface area contributed by atoms with Gasteiger partial charge in [-0.1, -0.05) is 0 Å². The van der Waals surface area contributed by atoms with E-state index in [1.165, 1.54) is 5.56 Å². The van der Waals surface area contributed by atoms with Gasteiger partial charge < -0.3 is 4.90 Å². The summed E-state index contributed by atoms with van der Waals surface area (Å²) >= 11 is 0. The molecule has 2 aliphatic rings. The third kappa shape index (κ3) is 3.98. The van der Waals surface area contributed by atoms with Crippen LogP contribution in [0, 0.1) is 18.3 Å². The van der Waals surface area contributed by atoms with Gasteiger partial charge in [0.15, 0.2) is 5.66 Å². The van der Waals surface area contributed by atoms with Crippen molar-refractivity contribution in [1.82, 2.24) is 14.7 Å². The van der Waals surface area contributed by atoms with Crippen LogP contribution in [0.4, 0.5) is 0 Å². The Morgan fingerprint density at radius 1 is 1.48 bits per heavy atom. The second kappa shape index (κ2) is 6.53. The van der Waals surface area contributed by atoms with Crippen LogP contribution in [-0.4, -0.2) is 39.3 Å². The molecule has 1 unspecified atom stereocenters. The van der Waals surface area contributed by atoms with Gasteiger partial charge in [-0.15, -0.1) is 12.3 Å². The zero-order valence-corrected chi connectivity index (χ0v) is 13.6. The zero-order valence-electron chi connectivity index (χ0n) is 13.6. The van der Waals surface area contributed by atoms with Crippen molar-refractivity contribution in [2.75, 3.05) is 13.1 Å². The summed E-state index contributed by atoms with van der Waals surface area (Å²) < 4.78 is 1.82. The quantitative estimate of drug-likeness (QED) is 0.724. The number of rotatable bonds is 7. The highest BCUT2D eigenvalue weighted by Gasteiger charge is 2.40. The highest BCUT2D eigenvalue weighted by molar-refractivity contribution is 5.76. The monoisotopic (exact) mass is 313 g/mol. The van der Waals surface area contributed by atoms with Crippen molar-refractivity contribution >= 4 is 5.91 Å². The number of amides is 1. The van der Waals surface area contributed by atoms with Gasteiger partial charge in [0.25, 0.3) is 0 Å². The number of terminal acetylenes is 1. The van der Waals surface area contributed by atoms with E-state index in [9.17, 15) is 4.79 Å². The molecule has 0 radical (unpaired) electrons. The van der Waals surface area contributed by atoms with Crippen LogP contribution >= 0.6 is 0 Å². The number of hydrogen-bond donors (Lipinski definition) is 0. The Balaban J connectivity index is 1.42. The van der Waals surface area contributed by atoms with E-state index in [0.717, 1.165) is 32.4 Å². The summed E-state index contributed by atoms with van der Waals surface area (Å²) in [4.78, 5) is 14.4. The lowest BCUT2D eigenvalue weighted by atomic mass is 10.0. The standard InChI is InChI=1S/C17H23N5O/c1-3-4-7-17(19-20-17)8-5-16(23)22-9-6-14(13-22)10-15-11-18-21(2)12-15/h1,11-12,14H,4-10,13H2,2H3. The number of aromatic nitrogens is 2. The van der Waals surface area contributed by atoms with E-state index in [0.29, 0.717) is 25.2 Å². The second-order valence-corrected chi connectivity index (χ2v) is 6.61. The zero-order chi connectivity index (χ0) is 16.3. The number of likely N-dealkylation sites (tertiary alicyclic amines) is 1. The van der Waals surface area contributed by atoms with Crippen molar-refractivity contribution in [3.8, 4) is 12.3 Å². The Kier molecular flexibility index (Phi) is 4.46. The molecule has 1 aromatic heterocycles. The van der Waals surface area contributed by atoms with E-state index in [1.54, 1.807) is 0 Å². The Hall–Kier alpha value is -2.16. The van der Waals surface area contributed by atoms with Crippen molar-refractivity contribution in [2.24, 2.45) is 23.2 Å². The van der Waals surface area contributed by atoms with Crippen LogP contribution in [-0.2, 0) is 18.3 Å². The minimum atomic E-state index is -0.350. The molecule has 3 rings (SSSR count). The summed E-state index contributed by atoms with van der Waals surface area (Å²) in [5, 5.41) is 12.4. The lowest BCUT2D eigenvalue weighted by Crippen LogP contribution is -2.30. The molecule has 6 nitrogen and oxygen atoms in total. The van der Waals surface area contributed by atoms with Crippen LogP contribution in [0.3, 0.4) is 0 Å². The number of nitrogens with zero attached hydrogens (tertiary/aromatic N) is 5. The van der Waals surface area contributed by atoms with Crippen LogP contribution in [0.2, 0.25) is 0 Å². The average molecular weight is 313 g/mol. The van der Waals surface area contributed by atoms with Gasteiger partial charge in [-0.2, -0.15) is 15.3 Å². The fourth-order valence-corrected chi connectivity index (χ4v) is 3.27. The molecule has 1 atom stereocenters. The predicted octanol–water partition coefficient (Wildman–Crippen LogP) is 2.17. The Morgan fingerprint density at radius 3 is 2.96 bits per heavy atom. The Bertz CT molecular complexity index is 636. The molecule has 0 N–H and O–H groups in total. The molecular weight excluding hydrogens is 290 g/mol. The van der Waals surface area contributed by atoms with E-state index in [4.69, 9.17) is 6.42 Å². The molecule has 0 spiro atoms. The molecule has 2 aliphatic heterocycles. The molecular formula is C17H23N5O. The minimum absolute atomic E-state index is 0.219. The summed E-state index contributed by atoms with van der Waals surface area (Å²) in [5.41, 5.74) is 0.896. The molecule has 0 aliphatic carbocycles. The summed E-state index contributed by atoms with van der Waals surface area (Å²) in [5.74, 6) is 3.37. The molecule has 1 fully saturated rings. The van der Waals surface area contributed by atoms with E-state index >= 15 is 0 Å². The molecule has 23 heavy (non-hydrogen) atoms. The molecule has 1 amide bonds. The molecule has 0 saturated carbocycles. The van der Waals surface area contributed by atoms with E-state index in [-0.39, 0.29) is 11.6 Å². The molecule has 0 bridgehead atoms. The van der Waals surface area contributed by atoms with Crippen molar-refractivity contribution < 1.29 is 4.79 Å². The normalized spacial score (nSPS) is 21.4. The maximum atomic E-state index is 12.4. The Labute approximate surface area is 137 Å². The van der Waals surface area contributed by atoms with Crippen molar-refractivity contribution in [1.29, 1.82) is 0 Å². The first-order chi connectivity index (χ1) is 11.1. The molecule has 6 heteroatoms. The van der Waals surface area contributed by atoms with Gasteiger partial charge in [0.2, 0.25) is 5.91 Å². The van der Waals surface area contributed by atoms with Crippen LogP contribution in [0.25, 0.3) is 0 Å². The van der Waals surface area contributed by atoms with Gasteiger partial charge in [-0.05, 0) is 24.3 Å². The van der Waals surface area contributed by atoms with Crippen molar-refractivity contribution in [3.05, 3.63) is 18.0 Å². The van der Waals surface area contributed by atoms with E-state index in [1.807, 2.05) is 22.8 Å². The number of aryl methyl sites for hydroxylation is 1. The lowest BCUT2D eigenvalue weighted by molar-refractivity contribution is -0.130. The predicted molar refractivity (Wildman–Crippen MR) is 86.5 cm³/mol. The van der Waals surface area contributed by atoms with Crippen LogP contribution < -0.4 is 0 Å². The second-order valence-electron chi connectivity index (χ2n) is 6.61. The highest BCUT2D eigenvalue weighted by Crippen LogP contribution is 2.38. The fraction of sp³-hybridized carbons (Fsp3) is 0.647. The van der Waals surface area contributed by atoms with Crippen molar-refractivity contribution in [3.63, 3.8) is 0 Å². The molecule has 1 aromatic rings. The summed E-state index contributed by atoms with van der Waals surface area (Å²) in [6.45, 7) is 1.70. The molecule has 3 heterocycles. The number of carbonyl (C=O) groups is 1. The maximum Gasteiger partial charge on any atom is 0.222 e. The SMILES string of the molecule is C#CCCC1(CCC(=O)N2CCC(Cc3cnn(C)c3)C2)N=N1. The maximum absolute atomic E-state index is 12.4. The average Bonchev–Trinajstić information content (AvgIpc) is 2.94. The molecule has 122 valence electrons. The fourth-order valence-electron chi connectivity index (χ4n) is 3.27. The highest BCUT2D eigenvalue weighted by atomic mass is 16.2. The third-order valence-electron chi connectivity index (χ3n) is 4.71. The van der Waals surface area contributed by atoms with Crippen LogP contribution in [0.5, 0.6) is 0 Å². The van der Waals surface area contributed by atoms with Crippen molar-refractivity contribution in [2.45, 2.75) is 44.2 Å². The first-order valence-electron chi connectivity index (χ1n) is 8.23. The lowest BCUT2D eigenvalue weighted by Gasteiger charge is -2.17. The largest absolute Gasteiger partial charge is 0.342 e. The summed E-state index contributed by atoms with van der Waals surface area (Å²) in [6, 6.07) is 0. The Morgan fingerprint density at radius 2 is 2.30 bits per heavy atom. The third-order valence-corrected chi connectivity index (χ3v) is 4.71. The van der Waals surface area contributed by atoms with Crippen LogP contribution in [0.1, 0.15) is 37.7 Å². The van der Waals surface area contributed by atoms with Gasteiger partial charge in [0, 0.05) is 52.0 Å². The van der Waals surface area contributed by atoms with Gasteiger partial charge in [0.1, 0.15) is 0 Å². The smallest absolute Gasteiger partial charge is 0.222 e. The summed E-state index contributed by atoms with van der Waals surface area (Å²) in [6.07, 6.45) is 13.9. The first kappa shape index (κ1) is 15.7. The first-order valence-corrected chi connectivity index (χ1v) is 8.23. The topological polar surface area (TPSA) is 62.9 Å². The van der Waals surface area contributed by atoms with Crippen LogP contribution in [0.15, 0.2) is 22.6 Å². The molecule has 0 aromatic carbocycles. The van der Waals surface area contributed by atoms with E-state index in [2.05, 4.69) is 27.4 Å². The van der Waals surface area contributed by atoms with Gasteiger partial charge >= 0.3 is 0 Å². The van der Waals surface area contributed by atoms with Gasteiger partial charge in [-0.3, -0.25) is 9.48 Å². The number of hydrogen-bond acceptors (Lipinski definition) is 4. The summed E-state index contributed by atoms with van der Waals surface area (Å²) in [7, 11) is 1.93.